The van der Waals surface area contributed by atoms with Gasteiger partial charge in [-0.05, 0) is 6.85 Å². The standard InChI is InChI=1S/C2H4O2.Na/c1-2(3)4;/h1H3,(H,3,4);/q;+1/p-1/i1T3;. The molecule has 0 fully saturated rings. The largest absolute Gasteiger partial charge is 1.00 e. The zero-order valence-electron chi connectivity index (χ0n) is 5.82. The van der Waals surface area contributed by atoms with Crippen LogP contribution in [0, 0.1) is 0 Å². The molecule has 0 aromatic heterocycles. The molecule has 0 aliphatic rings. The smallest absolute Gasteiger partial charge is 0.550 e. The number of hydrogen-bond donors (Lipinski definition) is 0. The van der Waals surface area contributed by atoms with E-state index in [-0.39, 0.29) is 29.6 Å². The third-order valence-electron chi connectivity index (χ3n) is 0. The Kier molecular flexibility index (Phi) is 2.33. The maximum atomic E-state index is 9.35. The van der Waals surface area contributed by atoms with Gasteiger partial charge in [0.15, 0.2) is 0 Å². The summed E-state index contributed by atoms with van der Waals surface area (Å²) in [6.07, 6.45) is 0. The van der Waals surface area contributed by atoms with Crippen LogP contribution in [0.4, 0.5) is 0 Å². The first kappa shape index (κ1) is 2.61. The van der Waals surface area contributed by atoms with Crippen molar-refractivity contribution >= 4 is 5.97 Å². The van der Waals surface area contributed by atoms with Gasteiger partial charge < -0.3 is 9.90 Å². The van der Waals surface area contributed by atoms with Gasteiger partial charge in [0.05, 0.1) is 0 Å². The summed E-state index contributed by atoms with van der Waals surface area (Å²) in [4.78, 5) is 9.35. The predicted octanol–water partition coefficient (Wildman–Crippen LogP) is -4.24. The number of hydrogen-bond acceptors (Lipinski definition) is 2. The van der Waals surface area contributed by atoms with E-state index in [1.54, 1.807) is 0 Å². The molecule has 0 saturated heterocycles. The van der Waals surface area contributed by atoms with Crippen molar-refractivity contribution in [1.82, 2.24) is 0 Å². The molecular weight excluding hydrogens is 79.0 g/mol. The SMILES string of the molecule is [3H]C([3H])([3H])C(=O)[O-].[Na+]. The second-order valence-corrected chi connectivity index (χ2v) is 0.287. The van der Waals surface area contributed by atoms with Gasteiger partial charge in [0.25, 0.3) is 0 Å². The molecule has 0 bridgehead atoms. The fraction of sp³-hybridized carbons (Fsp3) is 0.500. The van der Waals surface area contributed by atoms with E-state index in [4.69, 9.17) is 4.11 Å². The van der Waals surface area contributed by atoms with Gasteiger partial charge in [0.2, 0.25) is 0 Å². The number of carboxylic acids is 1. The van der Waals surface area contributed by atoms with Crippen LogP contribution in [0.15, 0.2) is 0 Å². The first-order valence-electron chi connectivity index (χ1n) is 2.16. The molecule has 0 rings (SSSR count). The van der Waals surface area contributed by atoms with E-state index in [9.17, 15) is 9.90 Å². The summed E-state index contributed by atoms with van der Waals surface area (Å²) in [6, 6.07) is 0. The van der Waals surface area contributed by atoms with Gasteiger partial charge in [-0.25, -0.2) is 0 Å². The van der Waals surface area contributed by atoms with E-state index in [1.165, 1.54) is 0 Å². The van der Waals surface area contributed by atoms with Crippen LogP contribution in [0.3, 0.4) is 0 Å². The van der Waals surface area contributed by atoms with E-state index >= 15 is 0 Å². The molecule has 0 spiro atoms. The first-order chi connectivity index (χ1) is 2.94. The maximum Gasteiger partial charge on any atom is 1.00 e. The van der Waals surface area contributed by atoms with Crippen LogP contribution in [-0.2, 0) is 4.79 Å². The minimum Gasteiger partial charge on any atom is -0.550 e. The molecule has 0 radical (unpaired) electrons. The van der Waals surface area contributed by atoms with Gasteiger partial charge >= 0.3 is 29.6 Å². The van der Waals surface area contributed by atoms with Gasteiger partial charge in [-0.3, -0.25) is 0 Å². The average Bonchev–Trinajstić information content (AvgIpc) is 1.31. The molecule has 5 heavy (non-hydrogen) atoms. The van der Waals surface area contributed by atoms with Crippen molar-refractivity contribution in [2.75, 3.05) is 0 Å². The van der Waals surface area contributed by atoms with Crippen LogP contribution in [0.1, 0.15) is 11.0 Å². The molecule has 0 aliphatic carbocycles. The van der Waals surface area contributed by atoms with E-state index in [2.05, 4.69) is 0 Å². The summed E-state index contributed by atoms with van der Waals surface area (Å²) in [5.41, 5.74) is 0. The Balaban J connectivity index is 0. The topological polar surface area (TPSA) is 40.1 Å². The predicted molar refractivity (Wildman–Crippen MR) is 10.7 cm³/mol. The molecule has 0 aromatic rings. The van der Waals surface area contributed by atoms with E-state index in [0.29, 0.717) is 0 Å². The third kappa shape index (κ3) is 123. The summed E-state index contributed by atoms with van der Waals surface area (Å²) in [7, 11) is 0. The van der Waals surface area contributed by atoms with E-state index < -0.39 is 12.8 Å². The Morgan fingerprint density at radius 3 is 2.40 bits per heavy atom. The van der Waals surface area contributed by atoms with Crippen molar-refractivity contribution in [3.05, 3.63) is 0 Å². The van der Waals surface area contributed by atoms with Crippen molar-refractivity contribution in [3.8, 4) is 0 Å². The van der Waals surface area contributed by atoms with Crippen LogP contribution in [0.2, 0.25) is 0 Å². The van der Waals surface area contributed by atoms with Gasteiger partial charge in [-0.15, -0.1) is 0 Å². The maximum absolute atomic E-state index is 9.35. The molecule has 0 atom stereocenters. The summed E-state index contributed by atoms with van der Waals surface area (Å²) >= 11 is 0. The van der Waals surface area contributed by atoms with Crippen molar-refractivity contribution < 1.29 is 43.6 Å². The summed E-state index contributed by atoms with van der Waals surface area (Å²) in [6.45, 7) is -2.94. The van der Waals surface area contributed by atoms with Crippen molar-refractivity contribution in [1.29, 1.82) is 0 Å². The number of rotatable bonds is 0. The summed E-state index contributed by atoms with van der Waals surface area (Å²) in [5, 5.41) is 9.35. The molecule has 0 N–H and O–H groups in total. The molecule has 0 aliphatic heterocycles. The summed E-state index contributed by atoms with van der Waals surface area (Å²) in [5.74, 6) is -2.01. The molecular formula is C2H3NaO2. The second-order valence-electron chi connectivity index (χ2n) is 0.287. The number of carbonyl (C=O) groups is 1. The zero-order chi connectivity index (χ0) is 6.08. The Morgan fingerprint density at radius 1 is 2.20 bits per heavy atom. The minimum atomic E-state index is -2.94. The van der Waals surface area contributed by atoms with Gasteiger partial charge in [0, 0.05) is 10.1 Å². The molecule has 0 heterocycles. The fourth-order valence-electron chi connectivity index (χ4n) is 0. The molecule has 3 heteroatoms. The van der Waals surface area contributed by atoms with Crippen LogP contribution in [0.5, 0.6) is 0 Å². The number of carboxylic acid groups (broad SMARTS) is 1. The van der Waals surface area contributed by atoms with Crippen LogP contribution in [-0.4, -0.2) is 5.97 Å². The van der Waals surface area contributed by atoms with Gasteiger partial charge in [-0.1, -0.05) is 0 Å². The van der Waals surface area contributed by atoms with Crippen molar-refractivity contribution in [2.24, 2.45) is 0 Å². The molecule has 0 aromatic carbocycles. The van der Waals surface area contributed by atoms with E-state index in [1.807, 2.05) is 0 Å². The first-order valence-corrected chi connectivity index (χ1v) is 0.658. The van der Waals surface area contributed by atoms with Crippen molar-refractivity contribution in [3.63, 3.8) is 0 Å². The zero-order valence-corrected chi connectivity index (χ0v) is 4.82. The Labute approximate surface area is 56.7 Å². The Bertz CT molecular complexity index is 87.8. The van der Waals surface area contributed by atoms with Crippen LogP contribution < -0.4 is 34.7 Å². The summed E-state index contributed by atoms with van der Waals surface area (Å²) < 4.78 is 18.2. The Hall–Kier alpha value is 0.470. The Morgan fingerprint density at radius 2 is 2.40 bits per heavy atom. The molecule has 2 nitrogen and oxygen atoms in total. The quantitative estimate of drug-likeness (QED) is 0.281. The molecule has 0 unspecified atom stereocenters. The number of carbonyl (C=O) groups excluding carboxylic acids is 1. The molecule has 0 amide bonds. The third-order valence-corrected chi connectivity index (χ3v) is 0. The van der Waals surface area contributed by atoms with Gasteiger partial charge in [-0.2, -0.15) is 0 Å². The number of aliphatic carboxylic acids is 1. The van der Waals surface area contributed by atoms with Gasteiger partial charge in [0.1, 0.15) is 0 Å². The molecule has 24 valence electrons. The second kappa shape index (κ2) is 4.47. The normalized spacial score (nSPS) is 16.4. The van der Waals surface area contributed by atoms with Crippen molar-refractivity contribution in [2.45, 2.75) is 6.85 Å². The fourth-order valence-corrected chi connectivity index (χ4v) is 0. The van der Waals surface area contributed by atoms with Crippen LogP contribution >= 0.6 is 0 Å². The average molecular weight is 88.1 g/mol. The minimum absolute atomic E-state index is 0. The molecule has 0 saturated carbocycles. The van der Waals surface area contributed by atoms with Crippen LogP contribution in [0.25, 0.3) is 0 Å². The van der Waals surface area contributed by atoms with E-state index in [0.717, 1.165) is 0 Å². The monoisotopic (exact) mass is 88.0 g/mol.